The maximum atomic E-state index is 9.72. The van der Waals surface area contributed by atoms with E-state index in [1.165, 1.54) is 18.4 Å². The molecule has 0 bridgehead atoms. The number of aryl methyl sites for hydroxylation is 1. The third kappa shape index (κ3) is 5.72. The SMILES string of the molecule is CCCC/C=C/[C@H](O)CCc1ccccc1. The summed E-state index contributed by atoms with van der Waals surface area (Å²) in [6.07, 6.45) is 8.99. The molecule has 0 aliphatic rings. The van der Waals surface area contributed by atoms with Gasteiger partial charge in [-0.3, -0.25) is 0 Å². The fourth-order valence-corrected chi connectivity index (χ4v) is 1.63. The number of aliphatic hydroxyl groups excluding tert-OH is 1. The van der Waals surface area contributed by atoms with Gasteiger partial charge in [-0.15, -0.1) is 0 Å². The predicted molar refractivity (Wildman–Crippen MR) is 69.4 cm³/mol. The van der Waals surface area contributed by atoms with Crippen molar-refractivity contribution < 1.29 is 5.11 Å². The van der Waals surface area contributed by atoms with Gasteiger partial charge in [-0.25, -0.2) is 0 Å². The number of aliphatic hydroxyl groups is 1. The summed E-state index contributed by atoms with van der Waals surface area (Å²) in [7, 11) is 0. The van der Waals surface area contributed by atoms with Gasteiger partial charge in [0.05, 0.1) is 6.10 Å². The topological polar surface area (TPSA) is 20.2 Å². The summed E-state index contributed by atoms with van der Waals surface area (Å²) in [5.41, 5.74) is 1.29. The van der Waals surface area contributed by atoms with Crippen LogP contribution in [-0.4, -0.2) is 11.2 Å². The van der Waals surface area contributed by atoms with Gasteiger partial charge in [0.25, 0.3) is 0 Å². The molecule has 88 valence electrons. The number of hydrogen-bond acceptors (Lipinski definition) is 1. The molecule has 1 N–H and O–H groups in total. The van der Waals surface area contributed by atoms with Gasteiger partial charge in [0.1, 0.15) is 0 Å². The van der Waals surface area contributed by atoms with Crippen LogP contribution in [0, 0.1) is 0 Å². The van der Waals surface area contributed by atoms with Gasteiger partial charge in [-0.1, -0.05) is 62.2 Å². The number of rotatable bonds is 7. The Morgan fingerprint density at radius 1 is 1.25 bits per heavy atom. The van der Waals surface area contributed by atoms with Gasteiger partial charge in [0, 0.05) is 0 Å². The van der Waals surface area contributed by atoms with Gasteiger partial charge < -0.3 is 5.11 Å². The Bertz CT molecular complexity index is 290. The van der Waals surface area contributed by atoms with E-state index >= 15 is 0 Å². The lowest BCUT2D eigenvalue weighted by atomic mass is 10.1. The van der Waals surface area contributed by atoms with Crippen molar-refractivity contribution in [1.82, 2.24) is 0 Å². The van der Waals surface area contributed by atoms with Gasteiger partial charge >= 0.3 is 0 Å². The van der Waals surface area contributed by atoms with Crippen molar-refractivity contribution in [3.05, 3.63) is 48.0 Å². The lowest BCUT2D eigenvalue weighted by molar-refractivity contribution is 0.212. The molecule has 0 spiro atoms. The highest BCUT2D eigenvalue weighted by molar-refractivity contribution is 5.14. The summed E-state index contributed by atoms with van der Waals surface area (Å²) in [6.45, 7) is 2.18. The van der Waals surface area contributed by atoms with E-state index in [0.717, 1.165) is 19.3 Å². The lowest BCUT2D eigenvalue weighted by Crippen LogP contribution is -2.03. The molecular weight excluding hydrogens is 196 g/mol. The van der Waals surface area contributed by atoms with E-state index < -0.39 is 0 Å². The van der Waals surface area contributed by atoms with E-state index in [1.807, 2.05) is 24.3 Å². The van der Waals surface area contributed by atoms with Crippen LogP contribution in [0.5, 0.6) is 0 Å². The molecule has 1 rings (SSSR count). The Hall–Kier alpha value is -1.08. The van der Waals surface area contributed by atoms with Crippen molar-refractivity contribution >= 4 is 0 Å². The van der Waals surface area contributed by atoms with Crippen LogP contribution in [-0.2, 0) is 6.42 Å². The third-order valence-corrected chi connectivity index (χ3v) is 2.65. The summed E-state index contributed by atoms with van der Waals surface area (Å²) < 4.78 is 0. The van der Waals surface area contributed by atoms with Crippen molar-refractivity contribution in [2.45, 2.75) is 45.1 Å². The average molecular weight is 218 g/mol. The molecular formula is C15H22O. The first-order valence-electron chi connectivity index (χ1n) is 6.21. The van der Waals surface area contributed by atoms with Gasteiger partial charge in [-0.2, -0.15) is 0 Å². The molecule has 1 aromatic carbocycles. The van der Waals surface area contributed by atoms with Crippen molar-refractivity contribution in [2.75, 3.05) is 0 Å². The van der Waals surface area contributed by atoms with Crippen LogP contribution in [0.15, 0.2) is 42.5 Å². The lowest BCUT2D eigenvalue weighted by Gasteiger charge is -2.05. The van der Waals surface area contributed by atoms with Crippen LogP contribution in [0.4, 0.5) is 0 Å². The standard InChI is InChI=1S/C15H22O/c1-2-3-4-8-11-15(16)13-12-14-9-6-5-7-10-14/h5-11,15-16H,2-4,12-13H2,1H3/b11-8+/t15-/m0/s1. The zero-order chi connectivity index (χ0) is 11.6. The molecule has 0 amide bonds. The summed E-state index contributed by atoms with van der Waals surface area (Å²) >= 11 is 0. The Labute approximate surface area is 98.8 Å². The smallest absolute Gasteiger partial charge is 0.0724 e. The Balaban J connectivity index is 2.20. The van der Waals surface area contributed by atoms with Crippen molar-refractivity contribution in [2.24, 2.45) is 0 Å². The minimum Gasteiger partial charge on any atom is -0.389 e. The van der Waals surface area contributed by atoms with E-state index in [4.69, 9.17) is 0 Å². The highest BCUT2D eigenvalue weighted by atomic mass is 16.3. The first-order chi connectivity index (χ1) is 7.83. The number of unbranched alkanes of at least 4 members (excludes halogenated alkanes) is 2. The van der Waals surface area contributed by atoms with E-state index in [1.54, 1.807) is 0 Å². The highest BCUT2D eigenvalue weighted by Crippen LogP contribution is 2.06. The van der Waals surface area contributed by atoms with Gasteiger partial charge in [0.2, 0.25) is 0 Å². The minimum absolute atomic E-state index is 0.294. The second-order valence-corrected chi connectivity index (χ2v) is 4.16. The molecule has 1 aromatic rings. The zero-order valence-corrected chi connectivity index (χ0v) is 10.1. The molecule has 1 atom stereocenters. The average Bonchev–Trinajstić information content (AvgIpc) is 2.33. The summed E-state index contributed by atoms with van der Waals surface area (Å²) in [5.74, 6) is 0. The largest absolute Gasteiger partial charge is 0.389 e. The van der Waals surface area contributed by atoms with Gasteiger partial charge in [0.15, 0.2) is 0 Å². The predicted octanol–water partition coefficient (Wildman–Crippen LogP) is 3.73. The van der Waals surface area contributed by atoms with Crippen LogP contribution in [0.25, 0.3) is 0 Å². The highest BCUT2D eigenvalue weighted by Gasteiger charge is 1.99. The molecule has 0 saturated carbocycles. The van der Waals surface area contributed by atoms with Crippen LogP contribution in [0.2, 0.25) is 0 Å². The van der Waals surface area contributed by atoms with E-state index in [0.29, 0.717) is 0 Å². The molecule has 1 heteroatoms. The van der Waals surface area contributed by atoms with E-state index in [2.05, 4.69) is 25.1 Å². The minimum atomic E-state index is -0.294. The van der Waals surface area contributed by atoms with Gasteiger partial charge in [-0.05, 0) is 24.8 Å². The molecule has 1 nitrogen and oxygen atoms in total. The molecule has 0 unspecified atom stereocenters. The van der Waals surface area contributed by atoms with Crippen LogP contribution >= 0.6 is 0 Å². The Morgan fingerprint density at radius 2 is 2.00 bits per heavy atom. The fourth-order valence-electron chi connectivity index (χ4n) is 1.63. The monoisotopic (exact) mass is 218 g/mol. The van der Waals surface area contributed by atoms with Crippen molar-refractivity contribution in [3.8, 4) is 0 Å². The van der Waals surface area contributed by atoms with Crippen LogP contribution in [0.1, 0.15) is 38.2 Å². The quantitative estimate of drug-likeness (QED) is 0.546. The summed E-state index contributed by atoms with van der Waals surface area (Å²) in [6, 6.07) is 10.3. The normalized spacial score (nSPS) is 13.1. The molecule has 16 heavy (non-hydrogen) atoms. The number of hydrogen-bond donors (Lipinski definition) is 1. The molecule has 0 aliphatic carbocycles. The van der Waals surface area contributed by atoms with Crippen molar-refractivity contribution in [1.29, 1.82) is 0 Å². The number of benzene rings is 1. The first kappa shape index (κ1) is 13.0. The Kier molecular flexibility index (Phi) is 6.59. The fraction of sp³-hybridized carbons (Fsp3) is 0.467. The molecule has 0 aromatic heterocycles. The molecule has 0 aliphatic heterocycles. The van der Waals surface area contributed by atoms with Crippen molar-refractivity contribution in [3.63, 3.8) is 0 Å². The Morgan fingerprint density at radius 3 is 2.69 bits per heavy atom. The second kappa shape index (κ2) is 8.12. The maximum absolute atomic E-state index is 9.72. The zero-order valence-electron chi connectivity index (χ0n) is 10.1. The molecule has 0 heterocycles. The first-order valence-corrected chi connectivity index (χ1v) is 6.21. The summed E-state index contributed by atoms with van der Waals surface area (Å²) in [5, 5.41) is 9.72. The number of allylic oxidation sites excluding steroid dienone is 1. The van der Waals surface area contributed by atoms with Crippen LogP contribution < -0.4 is 0 Å². The second-order valence-electron chi connectivity index (χ2n) is 4.16. The molecule has 0 saturated heterocycles. The molecule has 0 radical (unpaired) electrons. The maximum Gasteiger partial charge on any atom is 0.0724 e. The van der Waals surface area contributed by atoms with Crippen LogP contribution in [0.3, 0.4) is 0 Å². The van der Waals surface area contributed by atoms with E-state index in [-0.39, 0.29) is 6.10 Å². The van der Waals surface area contributed by atoms with E-state index in [9.17, 15) is 5.11 Å². The summed E-state index contributed by atoms with van der Waals surface area (Å²) in [4.78, 5) is 0. The third-order valence-electron chi connectivity index (χ3n) is 2.65. The molecule has 0 fully saturated rings.